The first kappa shape index (κ1) is 23.5. The molecule has 0 amide bonds. The average Bonchev–Trinajstić information content (AvgIpc) is 2.08. The van der Waals surface area contributed by atoms with Gasteiger partial charge in [0.15, 0.2) is 17.4 Å². The van der Waals surface area contributed by atoms with Crippen LogP contribution in [0.1, 0.15) is 19.8 Å². The van der Waals surface area contributed by atoms with Crippen LogP contribution in [0.4, 0.5) is 0 Å². The Balaban J connectivity index is -0.0000000536. The summed E-state index contributed by atoms with van der Waals surface area (Å²) in [6.07, 6.45) is 2.28. The molecule has 0 heterocycles. The number of rotatable bonds is 1. The van der Waals surface area contributed by atoms with E-state index in [1.165, 1.54) is 6.42 Å². The first-order chi connectivity index (χ1) is 4.91. The molecule has 1 rings (SSSR count). The molecule has 3 heteroatoms. The third kappa shape index (κ3) is 24.5. The van der Waals surface area contributed by atoms with Crippen molar-refractivity contribution in [2.75, 3.05) is 0 Å². The fraction of sp³-hybridized carbons (Fsp3) is 0.300. The Morgan fingerprint density at radius 3 is 1.62 bits per heavy atom. The standard InChI is InChI=1S/C6H5.C4H9.Al.ClH.Mg.3H/c1-2-4-6-5-3-1;1-3-4-2;;;;;;/h1-5H;1,3-4H2,2H3;;1H;;;;/q2*-1;;;+2;;;. The van der Waals surface area contributed by atoms with Crippen LogP contribution < -0.4 is 0 Å². The Morgan fingerprint density at radius 1 is 1.15 bits per heavy atom. The summed E-state index contributed by atoms with van der Waals surface area (Å²) in [6, 6.07) is 12.5. The molecule has 0 aliphatic heterocycles. The molecular formula is C10H18AlClMg. The van der Waals surface area contributed by atoms with Crippen LogP contribution in [-0.4, -0.2) is 40.4 Å². The Labute approximate surface area is 115 Å². The summed E-state index contributed by atoms with van der Waals surface area (Å²) in [5.74, 6) is 0. The number of unbranched alkanes of at least 4 members (excludes halogenated alkanes) is 1. The second-order valence-corrected chi connectivity index (χ2v) is 1.93. The fourth-order valence-electron chi connectivity index (χ4n) is 0.342. The molecule has 1 aromatic carbocycles. The predicted molar refractivity (Wildman–Crippen MR) is 68.5 cm³/mol. The topological polar surface area (TPSA) is 0 Å². The van der Waals surface area contributed by atoms with Crippen molar-refractivity contribution in [3.05, 3.63) is 43.3 Å². The Morgan fingerprint density at radius 2 is 1.54 bits per heavy atom. The molecule has 0 spiro atoms. The number of halogens is 1. The van der Waals surface area contributed by atoms with Gasteiger partial charge in [0.1, 0.15) is 0 Å². The molecule has 0 unspecified atom stereocenters. The summed E-state index contributed by atoms with van der Waals surface area (Å²) in [5, 5.41) is 0. The van der Waals surface area contributed by atoms with Gasteiger partial charge in [0.25, 0.3) is 0 Å². The van der Waals surface area contributed by atoms with Crippen LogP contribution >= 0.6 is 12.4 Å². The average molecular weight is 225 g/mol. The molecule has 0 saturated carbocycles. The second-order valence-electron chi connectivity index (χ2n) is 1.93. The third-order valence-corrected chi connectivity index (χ3v) is 0.961. The van der Waals surface area contributed by atoms with Crippen LogP contribution in [0.3, 0.4) is 0 Å². The SMILES string of the molecule is Cl.[AlH3].[CH2-]CCC.[Mg+2].[c-]1ccccc1. The summed E-state index contributed by atoms with van der Waals surface area (Å²) in [6.45, 7) is 5.72. The largest absolute Gasteiger partial charge is 2.00 e. The molecule has 0 aliphatic carbocycles. The molecule has 0 nitrogen and oxygen atoms in total. The maximum atomic E-state index is 3.60. The van der Waals surface area contributed by atoms with Crippen LogP contribution in [0.15, 0.2) is 30.3 Å². The van der Waals surface area contributed by atoms with E-state index in [-0.39, 0.29) is 52.8 Å². The molecule has 0 radical (unpaired) electrons. The van der Waals surface area contributed by atoms with Crippen molar-refractivity contribution < 1.29 is 0 Å². The predicted octanol–water partition coefficient (Wildman–Crippen LogP) is 1.96. The normalized spacial score (nSPS) is 6.00. The van der Waals surface area contributed by atoms with Gasteiger partial charge in [-0.05, 0) is 0 Å². The second kappa shape index (κ2) is 23.0. The minimum Gasteiger partial charge on any atom is -0.343 e. The van der Waals surface area contributed by atoms with Gasteiger partial charge >= 0.3 is 23.1 Å². The van der Waals surface area contributed by atoms with Gasteiger partial charge in [-0.15, -0.1) is 12.4 Å². The van der Waals surface area contributed by atoms with Crippen LogP contribution in [0.25, 0.3) is 0 Å². The number of benzene rings is 1. The number of hydrogen-bond donors (Lipinski definition) is 0. The van der Waals surface area contributed by atoms with E-state index in [0.29, 0.717) is 0 Å². The van der Waals surface area contributed by atoms with E-state index >= 15 is 0 Å². The summed E-state index contributed by atoms with van der Waals surface area (Å²) >= 11 is 0. The molecule has 0 aromatic heterocycles. The molecular weight excluding hydrogens is 207 g/mol. The van der Waals surface area contributed by atoms with Gasteiger partial charge in [0.2, 0.25) is 0 Å². The first-order valence-electron chi connectivity index (χ1n) is 3.62. The van der Waals surface area contributed by atoms with Crippen molar-refractivity contribution in [2.24, 2.45) is 0 Å². The van der Waals surface area contributed by atoms with Crippen LogP contribution in [0.5, 0.6) is 0 Å². The summed E-state index contributed by atoms with van der Waals surface area (Å²) in [7, 11) is 0. The van der Waals surface area contributed by atoms with Gasteiger partial charge in [-0.3, -0.25) is 0 Å². The molecule has 0 aliphatic rings. The molecule has 0 atom stereocenters. The Bertz CT molecular complexity index is 107. The van der Waals surface area contributed by atoms with E-state index in [2.05, 4.69) is 19.9 Å². The summed E-state index contributed by atoms with van der Waals surface area (Å²) in [5.41, 5.74) is 0. The van der Waals surface area contributed by atoms with E-state index < -0.39 is 0 Å². The van der Waals surface area contributed by atoms with Crippen LogP contribution in [0.2, 0.25) is 0 Å². The van der Waals surface area contributed by atoms with E-state index in [4.69, 9.17) is 0 Å². The van der Waals surface area contributed by atoms with Crippen molar-refractivity contribution in [1.29, 1.82) is 0 Å². The maximum Gasteiger partial charge on any atom is 2.00 e. The maximum absolute atomic E-state index is 3.60. The van der Waals surface area contributed by atoms with E-state index in [1.54, 1.807) is 0 Å². The summed E-state index contributed by atoms with van der Waals surface area (Å²) < 4.78 is 0. The van der Waals surface area contributed by atoms with E-state index in [9.17, 15) is 0 Å². The molecule has 0 saturated heterocycles. The number of hydrogen-bond acceptors (Lipinski definition) is 0. The minimum absolute atomic E-state index is 0. The zero-order chi connectivity index (χ0) is 7.66. The molecule has 0 bridgehead atoms. The summed E-state index contributed by atoms with van der Waals surface area (Å²) in [4.78, 5) is 0. The third-order valence-electron chi connectivity index (χ3n) is 0.961. The minimum atomic E-state index is 0. The van der Waals surface area contributed by atoms with Gasteiger partial charge in [-0.25, -0.2) is 0 Å². The zero-order valence-electron chi connectivity index (χ0n) is 7.62. The van der Waals surface area contributed by atoms with Gasteiger partial charge in [-0.1, -0.05) is 13.3 Å². The van der Waals surface area contributed by atoms with Gasteiger partial charge in [-0.2, -0.15) is 42.8 Å². The van der Waals surface area contributed by atoms with Crippen LogP contribution in [-0.2, 0) is 0 Å². The van der Waals surface area contributed by atoms with Gasteiger partial charge in [0.05, 0.1) is 0 Å². The smallest absolute Gasteiger partial charge is 0.343 e. The monoisotopic (exact) mass is 224 g/mol. The van der Waals surface area contributed by atoms with E-state index in [0.717, 1.165) is 6.42 Å². The van der Waals surface area contributed by atoms with Crippen molar-refractivity contribution in [2.45, 2.75) is 19.8 Å². The molecule has 13 heavy (non-hydrogen) atoms. The Kier molecular flexibility index (Phi) is 41.7. The van der Waals surface area contributed by atoms with Crippen molar-refractivity contribution >= 4 is 52.8 Å². The first-order valence-corrected chi connectivity index (χ1v) is 3.62. The molecule has 0 fully saturated rings. The van der Waals surface area contributed by atoms with Crippen molar-refractivity contribution in [1.82, 2.24) is 0 Å². The molecule has 1 aromatic rings. The molecule has 0 N–H and O–H groups in total. The Hall–Kier alpha value is 0.809. The van der Waals surface area contributed by atoms with Crippen molar-refractivity contribution in [3.63, 3.8) is 0 Å². The van der Waals surface area contributed by atoms with Gasteiger partial charge < -0.3 is 6.92 Å². The quantitative estimate of drug-likeness (QED) is 0.506. The zero-order valence-corrected chi connectivity index (χ0v) is 9.85. The fourth-order valence-corrected chi connectivity index (χ4v) is 0.342. The van der Waals surface area contributed by atoms with Crippen LogP contribution in [0, 0.1) is 13.0 Å². The van der Waals surface area contributed by atoms with Gasteiger partial charge in [0, 0.05) is 0 Å². The van der Waals surface area contributed by atoms with Crippen molar-refractivity contribution in [3.8, 4) is 0 Å². The van der Waals surface area contributed by atoms with E-state index in [1.807, 2.05) is 30.3 Å². The molecule has 70 valence electrons.